The van der Waals surface area contributed by atoms with Gasteiger partial charge in [0.25, 0.3) is 0 Å². The summed E-state index contributed by atoms with van der Waals surface area (Å²) >= 11 is 0. The topological polar surface area (TPSA) is 55.4 Å². The predicted octanol–water partition coefficient (Wildman–Crippen LogP) is 35.2. The molecule has 142 heavy (non-hydrogen) atoms. The van der Waals surface area contributed by atoms with E-state index in [-0.39, 0.29) is 0 Å². The van der Waals surface area contributed by atoms with Gasteiger partial charge in [-0.25, -0.2) is 9.97 Å². The summed E-state index contributed by atoms with van der Waals surface area (Å²) in [6, 6.07) is 184. The second-order valence-electron chi connectivity index (χ2n) is 37.8. The number of aromatic nitrogens is 8. The number of fused-ring (bicyclic) bond motifs is 21. The van der Waals surface area contributed by atoms with Crippen LogP contribution < -0.4 is 0 Å². The summed E-state index contributed by atoms with van der Waals surface area (Å²) < 4.78 is 14.6. The molecule has 7 heterocycles. The molecular formula is C134H82N8. The molecule has 0 unspecified atom stereocenters. The molecule has 658 valence electrons. The van der Waals surface area contributed by atoms with Crippen molar-refractivity contribution < 1.29 is 0 Å². The monoisotopic (exact) mass is 1800 g/mol. The molecule has 0 N–H and O–H groups in total. The first-order valence-electron chi connectivity index (χ1n) is 48.8. The smallest absolute Gasteiger partial charge is 0.160 e. The highest BCUT2D eigenvalue weighted by molar-refractivity contribution is 6.23. The van der Waals surface area contributed by atoms with Crippen LogP contribution >= 0.6 is 0 Å². The van der Waals surface area contributed by atoms with E-state index in [1.54, 1.807) is 0 Å². The molecule has 0 aliphatic heterocycles. The van der Waals surface area contributed by atoms with E-state index in [0.717, 1.165) is 194 Å². The van der Waals surface area contributed by atoms with Gasteiger partial charge in [0.15, 0.2) is 5.82 Å². The Hall–Kier alpha value is -19.0. The van der Waals surface area contributed by atoms with Crippen LogP contribution in [0.5, 0.6) is 0 Å². The molecular weight excluding hydrogens is 1720 g/mol. The molecule has 22 aromatic carbocycles. The molecule has 0 saturated heterocycles. The van der Waals surface area contributed by atoms with Gasteiger partial charge >= 0.3 is 0 Å². The zero-order chi connectivity index (χ0) is 92.9. The lowest BCUT2D eigenvalue weighted by Gasteiger charge is -2.19. The zero-order valence-corrected chi connectivity index (χ0v) is 76.9. The van der Waals surface area contributed by atoms with Crippen LogP contribution in [-0.2, 0) is 0 Å². The Morgan fingerprint density at radius 1 is 0.134 bits per heavy atom. The Morgan fingerprint density at radius 3 is 0.711 bits per heavy atom. The Bertz CT molecular complexity index is 9850. The van der Waals surface area contributed by atoms with Gasteiger partial charge in [-0.15, -0.1) is 0 Å². The van der Waals surface area contributed by atoms with E-state index in [1.165, 1.54) is 87.2 Å². The van der Waals surface area contributed by atoms with Crippen molar-refractivity contribution in [2.75, 3.05) is 0 Å². The van der Waals surface area contributed by atoms with Crippen molar-refractivity contribution in [2.45, 2.75) is 0 Å². The van der Waals surface area contributed by atoms with Crippen LogP contribution in [-0.4, -0.2) is 37.4 Å². The maximum absolute atomic E-state index is 6.09. The van der Waals surface area contributed by atoms with Crippen LogP contribution in [0.2, 0.25) is 0 Å². The van der Waals surface area contributed by atoms with Gasteiger partial charge in [-0.1, -0.05) is 297 Å². The Kier molecular flexibility index (Phi) is 17.4. The lowest BCUT2D eigenvalue weighted by atomic mass is 9.87. The largest absolute Gasteiger partial charge is 0.309 e. The molecule has 0 spiro atoms. The average molecular weight is 1800 g/mol. The number of hydrogen-bond donors (Lipinski definition) is 0. The lowest BCUT2D eigenvalue weighted by molar-refractivity contribution is 1.17. The molecule has 1 aliphatic rings. The molecule has 8 nitrogen and oxygen atoms in total. The summed E-state index contributed by atoms with van der Waals surface area (Å²) in [6.07, 6.45) is 0. The second kappa shape index (κ2) is 31.3. The summed E-state index contributed by atoms with van der Waals surface area (Å²) in [5.41, 5.74) is 40.9. The van der Waals surface area contributed by atoms with Crippen LogP contribution in [0.25, 0.3) is 288 Å². The van der Waals surface area contributed by atoms with Gasteiger partial charge in [-0.05, 0) is 273 Å². The molecule has 29 aromatic rings. The third kappa shape index (κ3) is 12.1. The number of para-hydroxylation sites is 8. The summed E-state index contributed by atoms with van der Waals surface area (Å²) in [6.45, 7) is 0. The van der Waals surface area contributed by atoms with E-state index in [2.05, 4.69) is 525 Å². The molecule has 8 heteroatoms. The highest BCUT2D eigenvalue weighted by Crippen LogP contribution is 2.56. The van der Waals surface area contributed by atoms with E-state index in [0.29, 0.717) is 5.82 Å². The second-order valence-corrected chi connectivity index (χ2v) is 37.8. The van der Waals surface area contributed by atoms with Crippen LogP contribution in [0.3, 0.4) is 0 Å². The van der Waals surface area contributed by atoms with E-state index < -0.39 is 0 Å². The highest BCUT2D eigenvalue weighted by Gasteiger charge is 2.34. The zero-order valence-electron chi connectivity index (χ0n) is 76.9. The SMILES string of the molecule is c1ccc(-c2cccc(-c3ccccc3)c2-c2nc(-c3ccc(-n4c5ccc(-c6ccc7c(c6)c6ccccc6n7-c6ccccc6)cc5c5cc(-c6ccc7c(c6)c6ccccc6n7-c6ccccc6)ccc54)cc3)nc3c2-c2ccc(-n4c5ccc(-c6ccc7c(c6)c6ccccc6n7-c6ccccc6)cc5c5cc(-c6ccc7c(c6)c6ccccc6n7-c6ccccc6)ccc54)c4cccc-3c24)cc1. The van der Waals surface area contributed by atoms with Crippen LogP contribution in [0.1, 0.15) is 0 Å². The Balaban J connectivity index is 0.597. The minimum atomic E-state index is 0.632. The summed E-state index contributed by atoms with van der Waals surface area (Å²) in [4.78, 5) is 12.1. The number of hydrogen-bond acceptors (Lipinski definition) is 2. The third-order valence-corrected chi connectivity index (χ3v) is 30.2. The van der Waals surface area contributed by atoms with E-state index in [1.807, 2.05) is 0 Å². The number of benzene rings is 22. The summed E-state index contributed by atoms with van der Waals surface area (Å²) in [7, 11) is 0. The van der Waals surface area contributed by atoms with Gasteiger partial charge in [0.2, 0.25) is 0 Å². The summed E-state index contributed by atoms with van der Waals surface area (Å²) in [5, 5.41) is 16.6. The average Bonchev–Trinajstić information content (AvgIpc) is 1.54. The van der Waals surface area contributed by atoms with E-state index in [9.17, 15) is 0 Å². The minimum absolute atomic E-state index is 0.632. The first kappa shape index (κ1) is 79.2. The molecule has 30 rings (SSSR count). The van der Waals surface area contributed by atoms with Crippen molar-refractivity contribution in [1.82, 2.24) is 37.4 Å². The molecule has 0 atom stereocenters. The van der Waals surface area contributed by atoms with Crippen LogP contribution in [0.4, 0.5) is 0 Å². The lowest BCUT2D eigenvalue weighted by Crippen LogP contribution is -2.01. The minimum Gasteiger partial charge on any atom is -0.309 e. The van der Waals surface area contributed by atoms with E-state index >= 15 is 0 Å². The van der Waals surface area contributed by atoms with Gasteiger partial charge in [-0.2, -0.15) is 0 Å². The maximum Gasteiger partial charge on any atom is 0.160 e. The molecule has 0 radical (unpaired) electrons. The molecule has 0 bridgehead atoms. The van der Waals surface area contributed by atoms with Gasteiger partial charge in [0.05, 0.1) is 83.3 Å². The first-order valence-corrected chi connectivity index (χ1v) is 48.8. The molecule has 0 saturated carbocycles. The Morgan fingerprint density at radius 2 is 0.380 bits per heavy atom. The number of nitrogens with zero attached hydrogens (tertiary/aromatic N) is 8. The third-order valence-electron chi connectivity index (χ3n) is 30.2. The highest BCUT2D eigenvalue weighted by atomic mass is 15.0. The first-order chi connectivity index (χ1) is 70.4. The Labute approximate surface area is 816 Å². The van der Waals surface area contributed by atoms with Crippen molar-refractivity contribution in [2.24, 2.45) is 0 Å². The van der Waals surface area contributed by atoms with Crippen LogP contribution in [0.15, 0.2) is 497 Å². The molecule has 0 amide bonds. The fourth-order valence-corrected chi connectivity index (χ4v) is 23.8. The van der Waals surface area contributed by atoms with Gasteiger partial charge in [-0.3, -0.25) is 0 Å². The van der Waals surface area contributed by atoms with Gasteiger partial charge in [0.1, 0.15) is 0 Å². The normalized spacial score (nSPS) is 12.1. The van der Waals surface area contributed by atoms with Crippen molar-refractivity contribution in [3.63, 3.8) is 0 Å². The molecule has 7 aromatic heterocycles. The summed E-state index contributed by atoms with van der Waals surface area (Å²) in [5.74, 6) is 0.632. The van der Waals surface area contributed by atoms with Gasteiger partial charge in [0, 0.05) is 126 Å². The van der Waals surface area contributed by atoms with E-state index in [4.69, 9.17) is 9.97 Å². The maximum atomic E-state index is 6.09. The predicted molar refractivity (Wildman–Crippen MR) is 593 cm³/mol. The van der Waals surface area contributed by atoms with Gasteiger partial charge < -0.3 is 27.4 Å². The standard InChI is InChI=1S/C134H82N8/c1-7-29-83(30-8-1)99-45-27-46-100(84-31-9-2-10-32-84)130(99)133-131-106-65-74-120(142-127-72-61-92(88-57-68-123-110(77-88)103-43-21-25-51-118(103)139(123)96-37-15-5-16-38-96)81-114(127)115-82-93(62-73-128(115)142)89-58-69-124-111(78-89)104-44-22-26-52-119(104)140(124)97-39-17-6-18-40-97)105-47-28-48-107(129(105)106)132(131)135-134(136-133)85-53-63-98(64-54-85)141-125-70-59-90(86-55-66-121-108(75-86)101-41-19-23-49-116(101)137(121)94-33-11-3-12-34-94)79-112(125)113-80-91(60-71-126(113)141)87-56-67-122-109(76-87)102-42-20-24-50-117(102)138(122)95-35-13-4-14-36-95/h1-82H. The fraction of sp³-hybridized carbons (Fsp3) is 0. The van der Waals surface area contributed by atoms with Crippen molar-refractivity contribution in [3.8, 4) is 146 Å². The number of rotatable bonds is 14. The molecule has 1 aliphatic carbocycles. The quantitative estimate of drug-likeness (QED) is 0.109. The fourth-order valence-electron chi connectivity index (χ4n) is 23.8. The van der Waals surface area contributed by atoms with Crippen LogP contribution in [0, 0.1) is 0 Å². The van der Waals surface area contributed by atoms with Crippen molar-refractivity contribution in [3.05, 3.63) is 497 Å². The van der Waals surface area contributed by atoms with Crippen molar-refractivity contribution in [1.29, 1.82) is 0 Å². The van der Waals surface area contributed by atoms with Crippen molar-refractivity contribution >= 4 is 142 Å². The molecule has 0 fully saturated rings.